The van der Waals surface area contributed by atoms with Crippen LogP contribution in [0.25, 0.3) is 0 Å². The van der Waals surface area contributed by atoms with Crippen molar-refractivity contribution in [3.63, 3.8) is 0 Å². The lowest BCUT2D eigenvalue weighted by Gasteiger charge is -2.31. The van der Waals surface area contributed by atoms with Gasteiger partial charge in [-0.3, -0.25) is 29.0 Å². The van der Waals surface area contributed by atoms with E-state index in [2.05, 4.69) is 159 Å². The first-order chi connectivity index (χ1) is 52.6. The molecular weight excluding hydrogens is 1530 g/mol. The first-order valence-corrected chi connectivity index (χ1v) is 38.6. The monoisotopic (exact) mass is 1620 g/mol. The lowest BCUT2D eigenvalue weighted by atomic mass is 9.76. The van der Waals surface area contributed by atoms with Gasteiger partial charge in [0.1, 0.15) is 28.7 Å². The van der Waals surface area contributed by atoms with Gasteiger partial charge in [0, 0.05) is 43.7 Å². The minimum Gasteiger partial charge on any atom is -0.497 e. The van der Waals surface area contributed by atoms with Crippen LogP contribution in [-0.2, 0) is 36.0 Å². The SMILES string of the molecule is CCC(C)(C)c1ccc(OCC(=O)Nc2cccc(C(=O)NC3=NN(c4c(Cl)cc(Cl)cc4Cl)CC3N=Nc3ccc(OC)cc3)c2)c(C(C)(C)CC)c1.CCC(Oc1ccc(C(C)(C)CC)cc1C(C)(C)CC)C(=O)Nc1cccc(C(=O)NC2=NN(c3c(Cl)cc(Cl)cc3Cl)C(=O)C2N=Nc2ccc(OC)cc2)c1. The van der Waals surface area contributed by atoms with Gasteiger partial charge < -0.3 is 40.2 Å². The van der Waals surface area contributed by atoms with Crippen LogP contribution in [0, 0.1) is 0 Å². The summed E-state index contributed by atoms with van der Waals surface area (Å²) in [5, 5.41) is 41.5. The fourth-order valence-electron chi connectivity index (χ4n) is 11.6. The van der Waals surface area contributed by atoms with Crippen LogP contribution < -0.4 is 50.2 Å². The average Bonchev–Trinajstić information content (AvgIpc) is 1.72. The summed E-state index contributed by atoms with van der Waals surface area (Å²) in [4.78, 5) is 68.0. The largest absolute Gasteiger partial charge is 0.497 e. The van der Waals surface area contributed by atoms with Crippen molar-refractivity contribution in [2.75, 3.05) is 48.0 Å². The minimum atomic E-state index is -1.37. The van der Waals surface area contributed by atoms with Crippen LogP contribution in [0.5, 0.6) is 23.0 Å². The maximum atomic E-state index is 13.8. The molecule has 2 aliphatic heterocycles. The standard InChI is InChI=1S/C43H47Cl3N6O5.C41H45Cl3N6O4/c1-9-34(57-35-20-15-26(42(4,5)10-2)22-31(35)43(6,7)11-3)40(54)47-29-14-12-13-25(21-29)39(53)48-38-36(50-49-28-16-18-30(56-8)19-17-28)41(55)52(51-38)37-32(45)23-27(44)24-33(37)46;1-8-40(3,4)26-13-18-35(31(20-26)41(5,6)9-2)54-24-36(51)45-29-12-10-11-25(19-29)39(52)46-38-34(48-47-28-14-16-30(53-7)17-15-28)23-50(49-38)37-32(43)21-27(42)22-33(37)44/h12-24,34,36H,9-11H2,1-8H3,(H,47,54)(H,48,51,53);10-22,34H,8-9,23-24H2,1-7H3,(H,45,51)(H,46,49,52). The topological polar surface area (TPSA) is 251 Å². The summed E-state index contributed by atoms with van der Waals surface area (Å²) < 4.78 is 23.0. The third-order valence-corrected chi connectivity index (χ3v) is 21.7. The highest BCUT2D eigenvalue weighted by Gasteiger charge is 2.41. The lowest BCUT2D eigenvalue weighted by molar-refractivity contribution is -0.123. The van der Waals surface area contributed by atoms with Crippen molar-refractivity contribution in [1.82, 2.24) is 10.6 Å². The van der Waals surface area contributed by atoms with Gasteiger partial charge in [0.2, 0.25) is 6.04 Å². The number of nitrogens with one attached hydrogen (secondary N) is 4. The van der Waals surface area contributed by atoms with Gasteiger partial charge in [0.15, 0.2) is 30.4 Å². The van der Waals surface area contributed by atoms with E-state index in [1.165, 1.54) is 29.3 Å². The number of nitrogens with zero attached hydrogens (tertiary/aromatic N) is 8. The number of ether oxygens (including phenoxy) is 4. The van der Waals surface area contributed by atoms with Crippen molar-refractivity contribution in [3.8, 4) is 23.0 Å². The van der Waals surface area contributed by atoms with Crippen LogP contribution in [0.3, 0.4) is 0 Å². The van der Waals surface area contributed by atoms with Gasteiger partial charge in [-0.05, 0) is 186 Å². The smallest absolute Gasteiger partial charge is 0.282 e. The molecule has 0 bridgehead atoms. The number of hydrogen-bond donors (Lipinski definition) is 4. The lowest BCUT2D eigenvalue weighted by Crippen LogP contribution is -2.39. The number of carbonyl (C=O) groups excluding carboxylic acids is 5. The number of hydrogen-bond acceptors (Lipinski definition) is 16. The zero-order chi connectivity index (χ0) is 80.9. The molecule has 21 nitrogen and oxygen atoms in total. The van der Waals surface area contributed by atoms with Crippen molar-refractivity contribution in [3.05, 3.63) is 221 Å². The number of carbonyl (C=O) groups is 5. The maximum Gasteiger partial charge on any atom is 0.282 e. The second-order valence-corrected chi connectivity index (χ2v) is 31.7. The summed E-state index contributed by atoms with van der Waals surface area (Å²) >= 11 is 38.2. The highest BCUT2D eigenvalue weighted by Crippen LogP contribution is 2.44. The molecule has 2 aliphatic rings. The summed E-state index contributed by atoms with van der Waals surface area (Å²) in [6.07, 6.45) is 3.34. The summed E-state index contributed by atoms with van der Waals surface area (Å²) in [7, 11) is 3.12. The number of benzene rings is 8. The number of azo groups is 2. The predicted octanol–water partition coefficient (Wildman–Crippen LogP) is 21.8. The molecule has 10 rings (SSSR count). The molecule has 2 heterocycles. The fourth-order valence-corrected chi connectivity index (χ4v) is 13.6. The molecule has 0 fully saturated rings. The Balaban J connectivity index is 0.000000256. The predicted molar refractivity (Wildman–Crippen MR) is 447 cm³/mol. The van der Waals surface area contributed by atoms with E-state index >= 15 is 0 Å². The number of amidine groups is 2. The van der Waals surface area contributed by atoms with E-state index in [1.54, 1.807) is 122 Å². The van der Waals surface area contributed by atoms with E-state index in [0.717, 1.165) is 41.8 Å². The minimum absolute atomic E-state index is 0.00986. The van der Waals surface area contributed by atoms with Crippen LogP contribution in [0.4, 0.5) is 34.1 Å². The Hall–Kier alpha value is -9.61. The van der Waals surface area contributed by atoms with Crippen molar-refractivity contribution in [2.24, 2.45) is 30.7 Å². The van der Waals surface area contributed by atoms with Crippen LogP contribution in [-0.4, -0.2) is 86.8 Å². The average molecular weight is 1630 g/mol. The number of hydrazone groups is 2. The second kappa shape index (κ2) is 37.1. The van der Waals surface area contributed by atoms with E-state index < -0.39 is 35.9 Å². The van der Waals surface area contributed by atoms with Crippen LogP contribution >= 0.6 is 69.6 Å². The molecule has 3 unspecified atom stereocenters. The van der Waals surface area contributed by atoms with E-state index in [9.17, 15) is 24.0 Å². The highest BCUT2D eigenvalue weighted by atomic mass is 35.5. The van der Waals surface area contributed by atoms with Gasteiger partial charge in [-0.15, -0.1) is 5.10 Å². The summed E-state index contributed by atoms with van der Waals surface area (Å²) in [5.41, 5.74) is 6.92. The Bertz CT molecular complexity index is 4830. The molecule has 584 valence electrons. The van der Waals surface area contributed by atoms with Gasteiger partial charge >= 0.3 is 0 Å². The number of amides is 5. The Morgan fingerprint density at radius 1 is 0.514 bits per heavy atom. The molecule has 5 amide bonds. The number of rotatable bonds is 27. The first-order valence-electron chi connectivity index (χ1n) is 36.4. The van der Waals surface area contributed by atoms with Gasteiger partial charge in [0.25, 0.3) is 29.5 Å². The van der Waals surface area contributed by atoms with E-state index in [0.29, 0.717) is 62.9 Å². The van der Waals surface area contributed by atoms with E-state index in [4.69, 9.17) is 88.6 Å². The number of methoxy groups -OCH3 is 2. The Labute approximate surface area is 678 Å². The molecule has 4 N–H and O–H groups in total. The summed E-state index contributed by atoms with van der Waals surface area (Å²) in [6, 6.07) is 43.1. The normalized spacial score (nSPS) is 14.8. The maximum absolute atomic E-state index is 13.8. The Morgan fingerprint density at radius 3 is 1.44 bits per heavy atom. The van der Waals surface area contributed by atoms with E-state index in [-0.39, 0.29) is 100 Å². The summed E-state index contributed by atoms with van der Waals surface area (Å²) in [6.45, 7) is 28.1. The van der Waals surface area contributed by atoms with Crippen molar-refractivity contribution in [2.45, 2.75) is 162 Å². The van der Waals surface area contributed by atoms with Crippen LogP contribution in [0.2, 0.25) is 30.1 Å². The third-order valence-electron chi connectivity index (χ3n) is 20.1. The Kier molecular flexibility index (Phi) is 28.6. The van der Waals surface area contributed by atoms with Crippen LogP contribution in [0.15, 0.2) is 188 Å². The molecule has 0 spiro atoms. The quantitative estimate of drug-likeness (QED) is 0.0354. The molecule has 8 aromatic carbocycles. The molecule has 111 heavy (non-hydrogen) atoms. The van der Waals surface area contributed by atoms with Gasteiger partial charge in [-0.2, -0.15) is 30.6 Å². The van der Waals surface area contributed by atoms with Crippen molar-refractivity contribution >= 4 is 145 Å². The second-order valence-electron chi connectivity index (χ2n) is 29.2. The zero-order valence-electron chi connectivity index (χ0n) is 64.7. The molecule has 3 atom stereocenters. The van der Waals surface area contributed by atoms with Crippen molar-refractivity contribution < 1.29 is 42.9 Å². The van der Waals surface area contributed by atoms with Crippen LogP contribution in [0.1, 0.15) is 165 Å². The summed E-state index contributed by atoms with van der Waals surface area (Å²) in [5.74, 6) is 0.224. The third kappa shape index (κ3) is 21.3. The molecule has 0 saturated heterocycles. The number of halogens is 6. The van der Waals surface area contributed by atoms with Crippen molar-refractivity contribution in [1.29, 1.82) is 0 Å². The Morgan fingerprint density at radius 2 is 0.964 bits per heavy atom. The van der Waals surface area contributed by atoms with Gasteiger partial charge in [-0.1, -0.05) is 196 Å². The molecule has 0 aliphatic carbocycles. The molecule has 0 saturated carbocycles. The molecule has 0 aromatic heterocycles. The molecule has 8 aromatic rings. The molecule has 0 radical (unpaired) electrons. The van der Waals surface area contributed by atoms with Gasteiger partial charge in [0.05, 0.1) is 57.9 Å². The van der Waals surface area contributed by atoms with Gasteiger partial charge in [-0.25, -0.2) is 0 Å². The fraction of sp³-hybridized carbons (Fsp3) is 0.345. The highest BCUT2D eigenvalue weighted by molar-refractivity contribution is 6.43. The first kappa shape index (κ1) is 85.4. The molecular formula is C84H92Cl6N12O9. The zero-order valence-corrected chi connectivity index (χ0v) is 69.2. The number of anilines is 4. The molecule has 27 heteroatoms. The van der Waals surface area contributed by atoms with E-state index in [1.807, 2.05) is 19.1 Å².